The molecule has 0 aliphatic carbocycles. The van der Waals surface area contributed by atoms with E-state index in [9.17, 15) is 0 Å². The molecule has 3 N–H and O–H groups in total. The molecule has 0 bridgehead atoms. The summed E-state index contributed by atoms with van der Waals surface area (Å²) in [6.07, 6.45) is 0. The summed E-state index contributed by atoms with van der Waals surface area (Å²) in [5, 5.41) is 2.14. The average Bonchev–Trinajstić information content (AvgIpc) is 2.68. The Morgan fingerprint density at radius 3 is 2.47 bits per heavy atom. The maximum atomic E-state index is 5.60. The Kier molecular flexibility index (Phi) is 3.74. The first-order valence-electron chi connectivity index (χ1n) is 4.56. The first kappa shape index (κ1) is 11.1. The van der Waals surface area contributed by atoms with Crippen LogP contribution in [0.3, 0.4) is 0 Å². The second kappa shape index (κ2) is 5.07. The van der Waals surface area contributed by atoms with E-state index >= 15 is 0 Å². The fourth-order valence-electron chi connectivity index (χ4n) is 1.51. The summed E-state index contributed by atoms with van der Waals surface area (Å²) in [5.41, 5.74) is 5.26. The van der Waals surface area contributed by atoms with Crippen molar-refractivity contribution in [3.05, 3.63) is 55.8 Å². The number of hydrogen-bond donors (Lipinski definition) is 2. The zero-order valence-electron chi connectivity index (χ0n) is 7.98. The number of nitrogens with two attached hydrogens (primary N) is 1. The maximum absolute atomic E-state index is 5.60. The van der Waals surface area contributed by atoms with Crippen molar-refractivity contribution in [3.8, 4) is 0 Å². The van der Waals surface area contributed by atoms with Gasteiger partial charge in [-0.25, -0.2) is 5.43 Å². The van der Waals surface area contributed by atoms with Crippen LogP contribution in [-0.2, 0) is 0 Å². The van der Waals surface area contributed by atoms with E-state index in [1.54, 1.807) is 11.3 Å². The predicted molar refractivity (Wildman–Crippen MR) is 72.6 cm³/mol. The quantitative estimate of drug-likeness (QED) is 0.516. The third-order valence-corrected chi connectivity index (χ3v) is 4.03. The van der Waals surface area contributed by atoms with Gasteiger partial charge in [0, 0.05) is 0 Å². The van der Waals surface area contributed by atoms with Crippen LogP contribution in [0.15, 0.2) is 41.8 Å². The van der Waals surface area contributed by atoms with Crippen LogP contribution >= 0.6 is 33.9 Å². The lowest BCUT2D eigenvalue weighted by Crippen LogP contribution is -2.28. The molecule has 78 valence electrons. The van der Waals surface area contributed by atoms with Gasteiger partial charge in [0.1, 0.15) is 0 Å². The van der Waals surface area contributed by atoms with Crippen molar-refractivity contribution in [1.29, 1.82) is 0 Å². The van der Waals surface area contributed by atoms with E-state index < -0.39 is 0 Å². The summed E-state index contributed by atoms with van der Waals surface area (Å²) in [7, 11) is 0. The summed E-state index contributed by atoms with van der Waals surface area (Å²) >= 11 is 4.05. The summed E-state index contributed by atoms with van der Waals surface area (Å²) in [5.74, 6) is 5.60. The molecule has 0 spiro atoms. The minimum absolute atomic E-state index is 0.0889. The molecule has 1 unspecified atom stereocenters. The molecular formula is C11H11IN2S. The molecule has 0 aliphatic rings. The first-order chi connectivity index (χ1) is 7.31. The SMILES string of the molecule is NNC(c1ccccc1)c1csc(I)c1. The molecule has 4 heteroatoms. The number of benzene rings is 1. The minimum Gasteiger partial charge on any atom is -0.271 e. The molecule has 15 heavy (non-hydrogen) atoms. The molecule has 0 saturated heterocycles. The van der Waals surface area contributed by atoms with Crippen molar-refractivity contribution in [2.45, 2.75) is 6.04 Å². The highest BCUT2D eigenvalue weighted by Gasteiger charge is 2.12. The second-order valence-electron chi connectivity index (χ2n) is 3.19. The standard InChI is InChI=1S/C11H11IN2S/c12-10-6-9(7-15-10)11(14-13)8-4-2-1-3-5-8/h1-7,11,14H,13H2. The van der Waals surface area contributed by atoms with Gasteiger partial charge in [0.15, 0.2) is 0 Å². The van der Waals surface area contributed by atoms with Gasteiger partial charge < -0.3 is 0 Å². The molecule has 0 radical (unpaired) electrons. The summed E-state index contributed by atoms with van der Waals surface area (Å²) in [6.45, 7) is 0. The third kappa shape index (κ3) is 2.57. The van der Waals surface area contributed by atoms with Gasteiger partial charge in [-0.05, 0) is 45.2 Å². The Bertz CT molecular complexity index is 427. The fourth-order valence-corrected chi connectivity index (χ4v) is 2.90. The number of hydrazine groups is 1. The van der Waals surface area contributed by atoms with Gasteiger partial charge in [-0.15, -0.1) is 11.3 Å². The highest BCUT2D eigenvalue weighted by Crippen LogP contribution is 2.26. The molecule has 2 aromatic rings. The van der Waals surface area contributed by atoms with Crippen LogP contribution in [0.2, 0.25) is 0 Å². The van der Waals surface area contributed by atoms with E-state index in [4.69, 9.17) is 5.84 Å². The van der Waals surface area contributed by atoms with Gasteiger partial charge in [-0.1, -0.05) is 30.3 Å². The Hall–Kier alpha value is -0.430. The summed E-state index contributed by atoms with van der Waals surface area (Å²) in [4.78, 5) is 0. The molecular weight excluding hydrogens is 319 g/mol. The topological polar surface area (TPSA) is 38.0 Å². The average molecular weight is 330 g/mol. The van der Waals surface area contributed by atoms with E-state index in [0.29, 0.717) is 0 Å². The number of hydrogen-bond acceptors (Lipinski definition) is 3. The molecule has 0 aliphatic heterocycles. The highest BCUT2D eigenvalue weighted by atomic mass is 127. The third-order valence-electron chi connectivity index (χ3n) is 2.22. The first-order valence-corrected chi connectivity index (χ1v) is 6.52. The normalized spacial score (nSPS) is 12.7. The van der Waals surface area contributed by atoms with Crippen LogP contribution in [0, 0.1) is 2.88 Å². The predicted octanol–water partition coefficient (Wildman–Crippen LogP) is 2.91. The number of thiophene rings is 1. The monoisotopic (exact) mass is 330 g/mol. The van der Waals surface area contributed by atoms with E-state index in [1.165, 1.54) is 14.0 Å². The smallest absolute Gasteiger partial charge is 0.0718 e. The Balaban J connectivity index is 2.33. The van der Waals surface area contributed by atoms with Crippen LogP contribution in [0.4, 0.5) is 0 Å². The molecule has 1 aromatic carbocycles. The van der Waals surface area contributed by atoms with Crippen molar-refractivity contribution < 1.29 is 0 Å². The van der Waals surface area contributed by atoms with Crippen molar-refractivity contribution in [1.82, 2.24) is 5.43 Å². The highest BCUT2D eigenvalue weighted by molar-refractivity contribution is 14.1. The fraction of sp³-hybridized carbons (Fsp3) is 0.0909. The largest absolute Gasteiger partial charge is 0.271 e. The molecule has 1 aromatic heterocycles. The molecule has 2 nitrogen and oxygen atoms in total. The van der Waals surface area contributed by atoms with Crippen molar-refractivity contribution in [2.75, 3.05) is 0 Å². The molecule has 1 heterocycles. The molecule has 1 atom stereocenters. The zero-order valence-corrected chi connectivity index (χ0v) is 11.0. The van der Waals surface area contributed by atoms with Crippen LogP contribution < -0.4 is 11.3 Å². The van der Waals surface area contributed by atoms with Crippen LogP contribution in [-0.4, -0.2) is 0 Å². The van der Waals surface area contributed by atoms with Gasteiger partial charge in [-0.3, -0.25) is 5.84 Å². The molecule has 0 amide bonds. The van der Waals surface area contributed by atoms with Gasteiger partial charge >= 0.3 is 0 Å². The lowest BCUT2D eigenvalue weighted by Gasteiger charge is -2.14. The minimum atomic E-state index is 0.0889. The van der Waals surface area contributed by atoms with Gasteiger partial charge in [0.05, 0.1) is 8.93 Å². The van der Waals surface area contributed by atoms with Gasteiger partial charge in [0.2, 0.25) is 0 Å². The summed E-state index contributed by atoms with van der Waals surface area (Å²) < 4.78 is 1.28. The number of halogens is 1. The van der Waals surface area contributed by atoms with Gasteiger partial charge in [-0.2, -0.15) is 0 Å². The van der Waals surface area contributed by atoms with Crippen LogP contribution in [0.1, 0.15) is 17.2 Å². The van der Waals surface area contributed by atoms with Crippen molar-refractivity contribution in [3.63, 3.8) is 0 Å². The molecule has 0 fully saturated rings. The molecule has 2 rings (SSSR count). The zero-order chi connectivity index (χ0) is 10.7. The van der Waals surface area contributed by atoms with E-state index in [0.717, 1.165) is 0 Å². The van der Waals surface area contributed by atoms with Gasteiger partial charge in [0.25, 0.3) is 0 Å². The van der Waals surface area contributed by atoms with E-state index in [1.807, 2.05) is 18.2 Å². The Labute approximate surface area is 107 Å². The Morgan fingerprint density at radius 2 is 1.93 bits per heavy atom. The van der Waals surface area contributed by atoms with Crippen molar-refractivity contribution in [2.24, 2.45) is 5.84 Å². The van der Waals surface area contributed by atoms with E-state index in [2.05, 4.69) is 51.6 Å². The van der Waals surface area contributed by atoms with E-state index in [-0.39, 0.29) is 6.04 Å². The Morgan fingerprint density at radius 1 is 1.20 bits per heavy atom. The van der Waals surface area contributed by atoms with Crippen LogP contribution in [0.5, 0.6) is 0 Å². The second-order valence-corrected chi connectivity index (χ2v) is 6.00. The number of nitrogens with one attached hydrogen (secondary N) is 1. The molecule has 0 saturated carbocycles. The van der Waals surface area contributed by atoms with Crippen molar-refractivity contribution >= 4 is 33.9 Å². The summed E-state index contributed by atoms with van der Waals surface area (Å²) in [6, 6.07) is 12.5. The van der Waals surface area contributed by atoms with Crippen LogP contribution in [0.25, 0.3) is 0 Å². The lowest BCUT2D eigenvalue weighted by molar-refractivity contribution is 0.638. The maximum Gasteiger partial charge on any atom is 0.0718 e. The lowest BCUT2D eigenvalue weighted by atomic mass is 10.0. The number of rotatable bonds is 3.